The van der Waals surface area contributed by atoms with Gasteiger partial charge in [-0.05, 0) is 58.4 Å². The summed E-state index contributed by atoms with van der Waals surface area (Å²) in [6, 6.07) is 31.2. The molecule has 148 valence electrons. The highest BCUT2D eigenvalue weighted by Crippen LogP contribution is 2.53. The second-order valence-electron chi connectivity index (χ2n) is 8.18. The van der Waals surface area contributed by atoms with Crippen molar-refractivity contribution < 1.29 is 10.2 Å². The van der Waals surface area contributed by atoms with Crippen molar-refractivity contribution in [2.75, 3.05) is 0 Å². The van der Waals surface area contributed by atoms with Crippen LogP contribution in [-0.4, -0.2) is 10.2 Å². The first-order valence-electron chi connectivity index (χ1n) is 10.3. The van der Waals surface area contributed by atoms with E-state index in [1.807, 2.05) is 111 Å². The molecule has 30 heavy (non-hydrogen) atoms. The van der Waals surface area contributed by atoms with Crippen molar-refractivity contribution in [1.29, 1.82) is 0 Å². The lowest BCUT2D eigenvalue weighted by Gasteiger charge is -2.45. The van der Waals surface area contributed by atoms with Crippen LogP contribution >= 0.6 is 0 Å². The Bertz CT molecular complexity index is 1130. The predicted molar refractivity (Wildman–Crippen MR) is 119 cm³/mol. The van der Waals surface area contributed by atoms with E-state index in [4.69, 9.17) is 0 Å². The van der Waals surface area contributed by atoms with E-state index in [0.717, 1.165) is 33.4 Å². The molecule has 0 radical (unpaired) electrons. The van der Waals surface area contributed by atoms with Crippen LogP contribution in [-0.2, 0) is 11.2 Å². The average Bonchev–Trinajstić information content (AvgIpc) is 2.80. The maximum atomic E-state index is 12.3. The predicted octanol–water partition coefficient (Wildman–Crippen LogP) is 5.19. The SMILES string of the molecule is Cc1cc2c(cc1C)[C@](O)(c1ccccc1)c1ccccc1[C@@]2(O)c1ccccc1. The third kappa shape index (κ3) is 2.44. The van der Waals surface area contributed by atoms with Crippen LogP contribution in [0.5, 0.6) is 0 Å². The van der Waals surface area contributed by atoms with Crippen LogP contribution in [0.4, 0.5) is 0 Å². The van der Waals surface area contributed by atoms with Gasteiger partial charge < -0.3 is 10.2 Å². The van der Waals surface area contributed by atoms with E-state index in [2.05, 4.69) is 0 Å². The number of benzene rings is 4. The molecule has 0 aromatic heterocycles. The van der Waals surface area contributed by atoms with E-state index < -0.39 is 11.2 Å². The molecule has 5 rings (SSSR count). The summed E-state index contributed by atoms with van der Waals surface area (Å²) in [5, 5.41) is 24.7. The number of aliphatic hydroxyl groups is 2. The highest BCUT2D eigenvalue weighted by Gasteiger charge is 2.50. The molecule has 0 spiro atoms. The van der Waals surface area contributed by atoms with Crippen molar-refractivity contribution in [3.63, 3.8) is 0 Å². The average molecular weight is 392 g/mol. The molecule has 4 aromatic rings. The van der Waals surface area contributed by atoms with Gasteiger partial charge in [0.05, 0.1) is 0 Å². The zero-order chi connectivity index (χ0) is 20.9. The molecule has 0 aliphatic heterocycles. The monoisotopic (exact) mass is 392 g/mol. The second kappa shape index (κ2) is 6.66. The zero-order valence-corrected chi connectivity index (χ0v) is 17.1. The second-order valence-corrected chi connectivity index (χ2v) is 8.18. The van der Waals surface area contributed by atoms with Crippen molar-refractivity contribution >= 4 is 0 Å². The maximum Gasteiger partial charge on any atom is 0.141 e. The van der Waals surface area contributed by atoms with Crippen molar-refractivity contribution in [1.82, 2.24) is 0 Å². The van der Waals surface area contributed by atoms with Gasteiger partial charge in [0.1, 0.15) is 11.2 Å². The van der Waals surface area contributed by atoms with Gasteiger partial charge in [-0.2, -0.15) is 0 Å². The normalized spacial score (nSPS) is 22.3. The Morgan fingerprint density at radius 3 is 1.17 bits per heavy atom. The van der Waals surface area contributed by atoms with Gasteiger partial charge in [0.25, 0.3) is 0 Å². The molecule has 0 heterocycles. The van der Waals surface area contributed by atoms with Crippen LogP contribution in [0.1, 0.15) is 44.5 Å². The number of hydrogen-bond acceptors (Lipinski definition) is 2. The summed E-state index contributed by atoms with van der Waals surface area (Å²) in [5.41, 5.74) is 3.89. The quantitative estimate of drug-likeness (QED) is 0.493. The standard InChI is InChI=1S/C28H24O2/c1-19-17-25-26(18-20(19)2)28(30,22-13-7-4-8-14-22)24-16-10-9-15-23(24)27(25,29)21-11-5-3-6-12-21/h3-18,29-30H,1-2H3/t27-,28-/m0/s1. The molecular weight excluding hydrogens is 368 g/mol. The molecule has 1 aliphatic carbocycles. The van der Waals surface area contributed by atoms with Crippen LogP contribution in [0.3, 0.4) is 0 Å². The Balaban J connectivity index is 1.95. The lowest BCUT2D eigenvalue weighted by molar-refractivity contribution is 0.0746. The zero-order valence-electron chi connectivity index (χ0n) is 17.1. The van der Waals surface area contributed by atoms with Gasteiger partial charge >= 0.3 is 0 Å². The summed E-state index contributed by atoms with van der Waals surface area (Å²) in [4.78, 5) is 0. The number of fused-ring (bicyclic) bond motifs is 2. The Hall–Kier alpha value is -3.20. The Morgan fingerprint density at radius 1 is 0.467 bits per heavy atom. The van der Waals surface area contributed by atoms with Crippen molar-refractivity contribution in [3.05, 3.63) is 142 Å². The number of hydrogen-bond donors (Lipinski definition) is 2. The van der Waals surface area contributed by atoms with E-state index >= 15 is 0 Å². The fourth-order valence-corrected chi connectivity index (χ4v) is 4.80. The highest BCUT2D eigenvalue weighted by atomic mass is 16.3. The minimum Gasteiger partial charge on any atom is -0.376 e. The van der Waals surface area contributed by atoms with Crippen molar-refractivity contribution in [3.8, 4) is 0 Å². The smallest absolute Gasteiger partial charge is 0.141 e. The number of aryl methyl sites for hydroxylation is 2. The van der Waals surface area contributed by atoms with E-state index in [1.54, 1.807) is 0 Å². The first-order valence-corrected chi connectivity index (χ1v) is 10.3. The first kappa shape index (κ1) is 18.8. The third-order valence-electron chi connectivity index (χ3n) is 6.50. The summed E-state index contributed by atoms with van der Waals surface area (Å²) in [6.07, 6.45) is 0. The molecule has 0 bridgehead atoms. The molecule has 0 fully saturated rings. The van der Waals surface area contributed by atoms with Crippen molar-refractivity contribution in [2.24, 2.45) is 0 Å². The molecule has 0 saturated heterocycles. The molecule has 0 saturated carbocycles. The van der Waals surface area contributed by atoms with Crippen LogP contribution < -0.4 is 0 Å². The van der Waals surface area contributed by atoms with Crippen LogP contribution in [0.25, 0.3) is 0 Å². The number of rotatable bonds is 2. The molecule has 2 N–H and O–H groups in total. The van der Waals surface area contributed by atoms with Gasteiger partial charge in [0.15, 0.2) is 0 Å². The fraction of sp³-hybridized carbons (Fsp3) is 0.143. The van der Waals surface area contributed by atoms with Gasteiger partial charge in [-0.25, -0.2) is 0 Å². The Morgan fingerprint density at radius 2 is 0.800 bits per heavy atom. The van der Waals surface area contributed by atoms with Crippen LogP contribution in [0.2, 0.25) is 0 Å². The molecule has 2 nitrogen and oxygen atoms in total. The molecule has 2 atom stereocenters. The van der Waals surface area contributed by atoms with Gasteiger partial charge in [-0.3, -0.25) is 0 Å². The third-order valence-corrected chi connectivity index (χ3v) is 6.50. The van der Waals surface area contributed by atoms with Gasteiger partial charge in [0, 0.05) is 0 Å². The van der Waals surface area contributed by atoms with Crippen molar-refractivity contribution in [2.45, 2.75) is 25.0 Å². The Kier molecular flexibility index (Phi) is 4.18. The molecule has 2 heteroatoms. The van der Waals surface area contributed by atoms with E-state index in [9.17, 15) is 10.2 Å². The van der Waals surface area contributed by atoms with E-state index in [-0.39, 0.29) is 0 Å². The highest BCUT2D eigenvalue weighted by molar-refractivity contribution is 5.66. The van der Waals surface area contributed by atoms with Gasteiger partial charge in [-0.1, -0.05) is 97.1 Å². The Labute approximate surface area is 177 Å². The molecular formula is C28H24O2. The van der Waals surface area contributed by atoms with Crippen LogP contribution in [0, 0.1) is 13.8 Å². The topological polar surface area (TPSA) is 40.5 Å². The lowest BCUT2D eigenvalue weighted by atomic mass is 9.63. The fourth-order valence-electron chi connectivity index (χ4n) is 4.80. The minimum atomic E-state index is -1.35. The summed E-state index contributed by atoms with van der Waals surface area (Å²) < 4.78 is 0. The summed E-state index contributed by atoms with van der Waals surface area (Å²) in [7, 11) is 0. The van der Waals surface area contributed by atoms with E-state index in [0.29, 0.717) is 11.1 Å². The van der Waals surface area contributed by atoms with Gasteiger partial charge in [-0.15, -0.1) is 0 Å². The lowest BCUT2D eigenvalue weighted by Crippen LogP contribution is -2.44. The molecule has 0 unspecified atom stereocenters. The summed E-state index contributed by atoms with van der Waals surface area (Å²) in [5.74, 6) is 0. The largest absolute Gasteiger partial charge is 0.376 e. The van der Waals surface area contributed by atoms with Gasteiger partial charge in [0.2, 0.25) is 0 Å². The first-order chi connectivity index (χ1) is 14.5. The summed E-state index contributed by atoms with van der Waals surface area (Å²) >= 11 is 0. The maximum absolute atomic E-state index is 12.3. The molecule has 0 amide bonds. The van der Waals surface area contributed by atoms with E-state index in [1.165, 1.54) is 0 Å². The molecule has 4 aromatic carbocycles. The minimum absolute atomic E-state index is 0.707. The van der Waals surface area contributed by atoms with Crippen LogP contribution in [0.15, 0.2) is 97.1 Å². The summed E-state index contributed by atoms with van der Waals surface area (Å²) in [6.45, 7) is 4.09. The molecule has 1 aliphatic rings.